The minimum Gasteiger partial charge on any atom is -0.242 e. The van der Waals surface area contributed by atoms with Crippen LogP contribution in [0.1, 0.15) is 12.8 Å². The fourth-order valence-corrected chi connectivity index (χ4v) is 0.247. The normalized spacial score (nSPS) is 7.43. The van der Waals surface area contributed by atoms with Crippen LogP contribution < -0.4 is 0 Å². The molecule has 0 aliphatic heterocycles. The van der Waals surface area contributed by atoms with E-state index in [2.05, 4.69) is 11.9 Å². The summed E-state index contributed by atoms with van der Waals surface area (Å²) < 4.78 is 0. The molecule has 0 unspecified atom stereocenters. The molecule has 0 aromatic heterocycles. The fourth-order valence-electron chi connectivity index (χ4n) is 0.247. The van der Waals surface area contributed by atoms with Gasteiger partial charge in [-0.15, -0.1) is 0 Å². The Morgan fingerprint density at radius 3 is 2.86 bits per heavy atom. The van der Waals surface area contributed by atoms with Crippen LogP contribution in [-0.2, 0) is 0 Å². The van der Waals surface area contributed by atoms with E-state index in [1.807, 2.05) is 6.01 Å². The lowest BCUT2D eigenvalue weighted by Gasteiger charge is -1.76. The zero-order valence-corrected chi connectivity index (χ0v) is 4.28. The van der Waals surface area contributed by atoms with Crippen molar-refractivity contribution >= 4 is 6.01 Å². The summed E-state index contributed by atoms with van der Waals surface area (Å²) in [6, 6.07) is 1.95. The zero-order valence-electron chi connectivity index (χ0n) is 4.28. The van der Waals surface area contributed by atoms with E-state index >= 15 is 0 Å². The molecule has 0 atom stereocenters. The van der Waals surface area contributed by atoms with Gasteiger partial charge in [-0.2, -0.15) is 0 Å². The number of hydrogen-bond donors (Lipinski definition) is 1. The van der Waals surface area contributed by atoms with Gasteiger partial charge in [0.15, 0.2) is 0 Å². The van der Waals surface area contributed by atoms with E-state index in [-0.39, 0.29) is 0 Å². The topological polar surface area (TPSA) is 36.2 Å². The molecule has 2 heteroatoms. The van der Waals surface area contributed by atoms with Gasteiger partial charge in [-0.1, -0.05) is 0 Å². The number of nitrogens with one attached hydrogen (secondary N) is 1. The van der Waals surface area contributed by atoms with E-state index < -0.39 is 0 Å². The second-order valence-corrected chi connectivity index (χ2v) is 1.20. The minimum atomic E-state index is 0.701. The molecule has 0 aliphatic carbocycles. The second kappa shape index (κ2) is 5.25. The molecule has 0 aliphatic rings. The molecular formula is C5H9N2+. The van der Waals surface area contributed by atoms with Gasteiger partial charge in [-0.25, -0.2) is 10.4 Å². The molecule has 0 saturated carbocycles. The number of nitrogens with zero attached hydrogens (tertiary/aromatic N) is 1. The summed E-state index contributed by atoms with van der Waals surface area (Å²) in [7, 11) is 0. The van der Waals surface area contributed by atoms with Gasteiger partial charge in [0.1, 0.15) is 0 Å². The highest BCUT2D eigenvalue weighted by molar-refractivity contribution is 5.35. The molecule has 0 saturated heterocycles. The van der Waals surface area contributed by atoms with Crippen LogP contribution in [0.25, 0.3) is 0 Å². The van der Waals surface area contributed by atoms with E-state index in [1.54, 1.807) is 0 Å². The van der Waals surface area contributed by atoms with Crippen molar-refractivity contribution in [1.82, 2.24) is 0 Å². The van der Waals surface area contributed by atoms with Gasteiger partial charge in [0.25, 0.3) is 0 Å². The average Bonchev–Trinajstić information content (AvgIpc) is 1.69. The van der Waals surface area contributed by atoms with Crippen LogP contribution >= 0.6 is 0 Å². The average molecular weight is 97.1 g/mol. The summed E-state index contributed by atoms with van der Waals surface area (Å²) in [5.41, 5.74) is 0. The van der Waals surface area contributed by atoms with Crippen molar-refractivity contribution < 1.29 is 0 Å². The Morgan fingerprint density at radius 2 is 2.43 bits per heavy atom. The van der Waals surface area contributed by atoms with Gasteiger partial charge in [0, 0.05) is 6.42 Å². The van der Waals surface area contributed by atoms with E-state index in [0.717, 1.165) is 12.8 Å². The maximum atomic E-state index is 6.34. The molecule has 7 heavy (non-hydrogen) atoms. The van der Waals surface area contributed by atoms with Crippen LogP contribution in [0, 0.1) is 12.3 Å². The number of hydrogen-bond acceptors (Lipinski definition) is 2. The standard InChI is InChI=1S/C5H9N2/c1-2-3-4-7-5-6/h6H,1-4H2/q+1. The van der Waals surface area contributed by atoms with Crippen LogP contribution in [0.2, 0.25) is 0 Å². The SMILES string of the molecule is [CH2+]CCCN=C=N. The second-order valence-electron chi connectivity index (χ2n) is 1.20. The van der Waals surface area contributed by atoms with Crippen LogP contribution in [0.15, 0.2) is 4.99 Å². The monoisotopic (exact) mass is 97.1 g/mol. The summed E-state index contributed by atoms with van der Waals surface area (Å²) in [5, 5.41) is 6.34. The first kappa shape index (κ1) is 6.25. The van der Waals surface area contributed by atoms with Crippen molar-refractivity contribution in [2.75, 3.05) is 6.54 Å². The van der Waals surface area contributed by atoms with Gasteiger partial charge >= 0.3 is 0 Å². The smallest absolute Gasteiger partial charge is 0.0868 e. The summed E-state index contributed by atoms with van der Waals surface area (Å²) in [5.74, 6) is 0. The maximum absolute atomic E-state index is 6.34. The van der Waals surface area contributed by atoms with Crippen LogP contribution in [0.5, 0.6) is 0 Å². The molecule has 0 rings (SSSR count). The van der Waals surface area contributed by atoms with Crippen molar-refractivity contribution in [3.63, 3.8) is 0 Å². The quantitative estimate of drug-likeness (QED) is 0.313. The highest BCUT2D eigenvalue weighted by Crippen LogP contribution is 1.83. The molecule has 0 bridgehead atoms. The van der Waals surface area contributed by atoms with Crippen molar-refractivity contribution in [2.24, 2.45) is 4.99 Å². The molecular weight excluding hydrogens is 88.1 g/mol. The Labute approximate surface area is 43.8 Å². The predicted molar refractivity (Wildman–Crippen MR) is 29.6 cm³/mol. The highest BCUT2D eigenvalue weighted by Gasteiger charge is 1.79. The third-order valence-corrected chi connectivity index (χ3v) is 0.599. The molecule has 1 N–H and O–H groups in total. The lowest BCUT2D eigenvalue weighted by Crippen LogP contribution is -1.74. The Hall–Kier alpha value is -0.750. The molecule has 38 valence electrons. The molecule has 0 fully saturated rings. The summed E-state index contributed by atoms with van der Waals surface area (Å²) in [6.45, 7) is 4.31. The maximum Gasteiger partial charge on any atom is 0.0868 e. The summed E-state index contributed by atoms with van der Waals surface area (Å²) >= 11 is 0. The lowest BCUT2D eigenvalue weighted by molar-refractivity contribution is 0.856. The Balaban J connectivity index is 2.83. The number of rotatable bonds is 3. The molecule has 0 heterocycles. The predicted octanol–water partition coefficient (Wildman–Crippen LogP) is 1.35. The zero-order chi connectivity index (χ0) is 5.54. The van der Waals surface area contributed by atoms with Gasteiger partial charge < -0.3 is 0 Å². The first-order valence-corrected chi connectivity index (χ1v) is 2.29. The van der Waals surface area contributed by atoms with E-state index in [1.165, 1.54) is 0 Å². The van der Waals surface area contributed by atoms with Gasteiger partial charge in [-0.3, -0.25) is 0 Å². The first-order valence-electron chi connectivity index (χ1n) is 2.29. The van der Waals surface area contributed by atoms with Gasteiger partial charge in [-0.05, 0) is 0 Å². The first-order chi connectivity index (χ1) is 3.41. The van der Waals surface area contributed by atoms with Crippen LogP contribution in [0.3, 0.4) is 0 Å². The highest BCUT2D eigenvalue weighted by atomic mass is 14.7. The van der Waals surface area contributed by atoms with E-state index in [4.69, 9.17) is 5.41 Å². The summed E-state index contributed by atoms with van der Waals surface area (Å²) in [4.78, 5) is 3.54. The summed E-state index contributed by atoms with van der Waals surface area (Å²) in [6.07, 6.45) is 1.86. The Kier molecular flexibility index (Phi) is 4.69. The number of unbranched alkanes of at least 4 members (excludes halogenated alkanes) is 1. The minimum absolute atomic E-state index is 0.701. The van der Waals surface area contributed by atoms with Crippen molar-refractivity contribution in [3.05, 3.63) is 6.92 Å². The molecule has 0 amide bonds. The van der Waals surface area contributed by atoms with Crippen molar-refractivity contribution in [1.29, 1.82) is 5.41 Å². The molecule has 0 spiro atoms. The molecule has 0 aromatic carbocycles. The third-order valence-electron chi connectivity index (χ3n) is 0.599. The van der Waals surface area contributed by atoms with Crippen LogP contribution in [0.4, 0.5) is 0 Å². The number of aliphatic imine (C=N–C) groups is 1. The Bertz CT molecular complexity index is 72.1. The van der Waals surface area contributed by atoms with E-state index in [0.29, 0.717) is 6.54 Å². The van der Waals surface area contributed by atoms with Gasteiger partial charge in [0.2, 0.25) is 0 Å². The molecule has 2 nitrogen and oxygen atoms in total. The van der Waals surface area contributed by atoms with Crippen LogP contribution in [-0.4, -0.2) is 12.6 Å². The molecule has 0 aromatic rings. The Morgan fingerprint density at radius 1 is 1.71 bits per heavy atom. The molecule has 0 radical (unpaired) electrons. The lowest BCUT2D eigenvalue weighted by atomic mass is 10.3. The van der Waals surface area contributed by atoms with Crippen molar-refractivity contribution in [3.8, 4) is 0 Å². The van der Waals surface area contributed by atoms with E-state index in [9.17, 15) is 0 Å². The third kappa shape index (κ3) is 5.25. The van der Waals surface area contributed by atoms with Gasteiger partial charge in [0.05, 0.1) is 25.9 Å². The largest absolute Gasteiger partial charge is 0.242 e. The fraction of sp³-hybridized carbons (Fsp3) is 0.600. The van der Waals surface area contributed by atoms with Crippen molar-refractivity contribution in [2.45, 2.75) is 12.8 Å².